The number of halogens is 1. The Kier molecular flexibility index (Phi) is 3.34. The molecule has 1 heterocycles. The summed E-state index contributed by atoms with van der Waals surface area (Å²) in [5, 5.41) is 7.80. The zero-order chi connectivity index (χ0) is 15.9. The summed E-state index contributed by atoms with van der Waals surface area (Å²) in [5.41, 5.74) is 3.37. The Morgan fingerprint density at radius 3 is 2.65 bits per heavy atom. The summed E-state index contributed by atoms with van der Waals surface area (Å²) in [6.45, 7) is 0. The molecule has 116 valence electrons. The maximum absolute atomic E-state index is 10.8. The lowest BCUT2D eigenvalue weighted by atomic mass is 9.85. The number of carbonyl (C=O) groups excluding carboxylic acids is 1. The highest BCUT2D eigenvalue weighted by atomic mass is 35.5. The van der Waals surface area contributed by atoms with Gasteiger partial charge in [-0.2, -0.15) is 0 Å². The number of hydrogen-bond donors (Lipinski definition) is 1. The predicted molar refractivity (Wildman–Crippen MR) is 89.6 cm³/mol. The van der Waals surface area contributed by atoms with Crippen molar-refractivity contribution in [3.05, 3.63) is 64.7 Å². The van der Waals surface area contributed by atoms with Crippen LogP contribution in [-0.4, -0.2) is 12.1 Å². The van der Waals surface area contributed by atoms with Gasteiger partial charge in [-0.3, -0.25) is 4.79 Å². The van der Waals surface area contributed by atoms with E-state index in [9.17, 15) is 4.79 Å². The maximum Gasteiger partial charge on any atom is 0.211 e. The van der Waals surface area contributed by atoms with Crippen LogP contribution in [0.15, 0.2) is 53.7 Å². The Balaban J connectivity index is 1.74. The summed E-state index contributed by atoms with van der Waals surface area (Å²) in [7, 11) is 0. The molecule has 1 aliphatic carbocycles. The number of carbonyl (C=O) groups is 1. The van der Waals surface area contributed by atoms with Gasteiger partial charge >= 0.3 is 0 Å². The Morgan fingerprint density at radius 2 is 1.91 bits per heavy atom. The summed E-state index contributed by atoms with van der Waals surface area (Å²) in [5.74, 6) is 0. The van der Waals surface area contributed by atoms with Crippen LogP contribution >= 0.6 is 11.6 Å². The van der Waals surface area contributed by atoms with Crippen molar-refractivity contribution in [2.24, 2.45) is 10.6 Å². The third kappa shape index (κ3) is 2.21. The molecule has 0 bridgehead atoms. The minimum absolute atomic E-state index is 0.147. The van der Waals surface area contributed by atoms with E-state index in [4.69, 9.17) is 16.4 Å². The summed E-state index contributed by atoms with van der Waals surface area (Å²) in [6.07, 6.45) is 2.50. The van der Waals surface area contributed by atoms with Crippen molar-refractivity contribution in [1.29, 1.82) is 0 Å². The fourth-order valence-corrected chi connectivity index (χ4v) is 3.53. The minimum Gasteiger partial charge on any atom is -0.386 e. The van der Waals surface area contributed by atoms with Crippen LogP contribution in [0.5, 0.6) is 0 Å². The van der Waals surface area contributed by atoms with E-state index in [1.807, 2.05) is 48.5 Å². The van der Waals surface area contributed by atoms with E-state index in [1.165, 1.54) is 0 Å². The third-order valence-electron chi connectivity index (χ3n) is 4.60. The van der Waals surface area contributed by atoms with Crippen molar-refractivity contribution in [2.45, 2.75) is 18.9 Å². The monoisotopic (exact) mass is 326 g/mol. The number of anilines is 1. The van der Waals surface area contributed by atoms with Crippen molar-refractivity contribution >= 4 is 29.4 Å². The summed E-state index contributed by atoms with van der Waals surface area (Å²) >= 11 is 6.34. The second-order valence-electron chi connectivity index (χ2n) is 5.91. The van der Waals surface area contributed by atoms with Crippen LogP contribution < -0.4 is 5.32 Å². The van der Waals surface area contributed by atoms with Crippen molar-refractivity contribution in [1.82, 2.24) is 0 Å². The first-order valence-corrected chi connectivity index (χ1v) is 7.92. The predicted octanol–water partition coefficient (Wildman–Crippen LogP) is 4.16. The van der Waals surface area contributed by atoms with Gasteiger partial charge in [-0.25, -0.2) is 0 Å². The Hall–Kier alpha value is -2.33. The summed E-state index contributed by atoms with van der Waals surface area (Å²) < 4.78 is 0. The molecule has 4 rings (SSSR count). The lowest BCUT2D eigenvalue weighted by Crippen LogP contribution is -2.21. The van der Waals surface area contributed by atoms with Gasteiger partial charge in [0, 0.05) is 21.8 Å². The molecule has 2 aromatic rings. The van der Waals surface area contributed by atoms with Crippen molar-refractivity contribution in [3.63, 3.8) is 0 Å². The molecule has 0 saturated heterocycles. The average Bonchev–Trinajstić information content (AvgIpc) is 3.26. The first-order valence-electron chi connectivity index (χ1n) is 7.54. The zero-order valence-electron chi connectivity index (χ0n) is 12.3. The molecule has 1 spiro atoms. The van der Waals surface area contributed by atoms with Gasteiger partial charge < -0.3 is 10.2 Å². The topological polar surface area (TPSA) is 50.7 Å². The minimum atomic E-state index is -0.171. The first kappa shape index (κ1) is 14.3. The molecule has 1 fully saturated rings. The van der Waals surface area contributed by atoms with Gasteiger partial charge in [0.05, 0.1) is 11.1 Å². The number of nitrogens with zero attached hydrogens (tertiary/aromatic N) is 1. The van der Waals surface area contributed by atoms with Crippen LogP contribution in [-0.2, 0) is 9.63 Å². The van der Waals surface area contributed by atoms with Crippen molar-refractivity contribution in [2.75, 3.05) is 5.32 Å². The van der Waals surface area contributed by atoms with Crippen molar-refractivity contribution in [3.8, 4) is 0 Å². The molecule has 1 aliphatic heterocycles. The second kappa shape index (κ2) is 5.39. The molecule has 1 amide bonds. The fourth-order valence-electron chi connectivity index (χ4n) is 3.29. The highest BCUT2D eigenvalue weighted by molar-refractivity contribution is 6.31. The number of nitrogens with one attached hydrogen (secondary N) is 1. The molecular formula is C18H15ClN2O2. The van der Waals surface area contributed by atoms with Gasteiger partial charge in [-0.15, -0.1) is 0 Å². The van der Waals surface area contributed by atoms with E-state index < -0.39 is 0 Å². The number of benzene rings is 2. The lowest BCUT2D eigenvalue weighted by molar-refractivity contribution is -0.105. The normalized spacial score (nSPS) is 20.7. The zero-order valence-corrected chi connectivity index (χ0v) is 13.1. The van der Waals surface area contributed by atoms with Gasteiger partial charge in [-0.1, -0.05) is 53.2 Å². The Morgan fingerprint density at radius 1 is 1.17 bits per heavy atom. The van der Waals surface area contributed by atoms with Crippen LogP contribution in [0.3, 0.4) is 0 Å². The SMILES string of the molecule is O=CNc1ccccc1C1=NOC(c2ccccc2Cl)C12CC2. The fraction of sp³-hybridized carbons (Fsp3) is 0.222. The third-order valence-corrected chi connectivity index (χ3v) is 4.94. The van der Waals surface area contributed by atoms with Gasteiger partial charge in [0.2, 0.25) is 6.41 Å². The highest BCUT2D eigenvalue weighted by Gasteiger charge is 2.60. The maximum atomic E-state index is 10.8. The van der Waals surface area contributed by atoms with Crippen LogP contribution in [0.2, 0.25) is 5.02 Å². The Bertz CT molecular complexity index is 799. The summed E-state index contributed by atoms with van der Waals surface area (Å²) in [6, 6.07) is 15.4. The number of hydrogen-bond acceptors (Lipinski definition) is 3. The molecular weight excluding hydrogens is 312 g/mol. The smallest absolute Gasteiger partial charge is 0.211 e. The van der Waals surface area contributed by atoms with Crippen LogP contribution in [0.4, 0.5) is 5.69 Å². The van der Waals surface area contributed by atoms with Crippen LogP contribution in [0.1, 0.15) is 30.1 Å². The molecule has 2 aromatic carbocycles. The van der Waals surface area contributed by atoms with Crippen LogP contribution in [0, 0.1) is 5.41 Å². The van der Waals surface area contributed by atoms with Crippen molar-refractivity contribution < 1.29 is 9.63 Å². The molecule has 4 nitrogen and oxygen atoms in total. The number of amides is 1. The molecule has 0 radical (unpaired) electrons. The highest BCUT2D eigenvalue weighted by Crippen LogP contribution is 2.62. The Labute approximate surface area is 139 Å². The molecule has 5 heteroatoms. The number of oxime groups is 1. The standard InChI is InChI=1S/C18H15ClN2O2/c19-14-7-3-1-5-12(14)17-18(9-10-18)16(21-23-17)13-6-2-4-8-15(13)20-11-22/h1-8,11,17H,9-10H2,(H,20,22). The molecule has 1 unspecified atom stereocenters. The van der Waals surface area contributed by atoms with Gasteiger partial charge in [0.25, 0.3) is 0 Å². The van der Waals surface area contributed by atoms with E-state index in [-0.39, 0.29) is 11.5 Å². The van der Waals surface area contributed by atoms with Crippen LogP contribution in [0.25, 0.3) is 0 Å². The van der Waals surface area contributed by atoms with E-state index in [0.717, 1.165) is 35.4 Å². The molecule has 0 aromatic heterocycles. The summed E-state index contributed by atoms with van der Waals surface area (Å²) in [4.78, 5) is 16.6. The largest absolute Gasteiger partial charge is 0.386 e. The molecule has 1 N–H and O–H groups in total. The van der Waals surface area contributed by atoms with E-state index in [1.54, 1.807) is 0 Å². The lowest BCUT2D eigenvalue weighted by Gasteiger charge is -2.20. The number of para-hydroxylation sites is 1. The van der Waals surface area contributed by atoms with E-state index in [0.29, 0.717) is 11.4 Å². The molecule has 1 atom stereocenters. The van der Waals surface area contributed by atoms with Gasteiger partial charge in [0.15, 0.2) is 6.10 Å². The first-order chi connectivity index (χ1) is 11.3. The van der Waals surface area contributed by atoms with E-state index >= 15 is 0 Å². The molecule has 23 heavy (non-hydrogen) atoms. The second-order valence-corrected chi connectivity index (χ2v) is 6.32. The quantitative estimate of drug-likeness (QED) is 0.857. The van der Waals surface area contributed by atoms with Gasteiger partial charge in [-0.05, 0) is 25.0 Å². The average molecular weight is 327 g/mol. The van der Waals surface area contributed by atoms with E-state index in [2.05, 4.69) is 10.5 Å². The van der Waals surface area contributed by atoms with Gasteiger partial charge in [0.1, 0.15) is 0 Å². The number of rotatable bonds is 4. The molecule has 2 aliphatic rings. The molecule has 1 saturated carbocycles.